The van der Waals surface area contributed by atoms with Crippen LogP contribution in [0.1, 0.15) is 43.5 Å². The van der Waals surface area contributed by atoms with Crippen LogP contribution in [-0.4, -0.2) is 31.3 Å². The van der Waals surface area contributed by atoms with Crippen molar-refractivity contribution in [3.05, 3.63) is 29.3 Å². The third kappa shape index (κ3) is 3.74. The highest BCUT2D eigenvalue weighted by molar-refractivity contribution is 5.77. The summed E-state index contributed by atoms with van der Waals surface area (Å²) in [6.07, 6.45) is 0.191. The van der Waals surface area contributed by atoms with Gasteiger partial charge in [0.2, 0.25) is 5.91 Å². The van der Waals surface area contributed by atoms with Gasteiger partial charge in [-0.25, -0.2) is 0 Å². The van der Waals surface area contributed by atoms with E-state index >= 15 is 0 Å². The summed E-state index contributed by atoms with van der Waals surface area (Å²) in [4.78, 5) is 11.7. The number of ether oxygens (including phenoxy) is 2. The molecule has 1 heterocycles. The predicted molar refractivity (Wildman–Crippen MR) is 79.1 cm³/mol. The molecule has 1 amide bonds. The minimum atomic E-state index is -0.521. The molecule has 2 N–H and O–H groups in total. The number of aliphatic hydroxyl groups is 1. The van der Waals surface area contributed by atoms with Crippen molar-refractivity contribution in [1.29, 1.82) is 0 Å². The number of methoxy groups -OCH3 is 1. The highest BCUT2D eigenvalue weighted by atomic mass is 16.5. The van der Waals surface area contributed by atoms with E-state index in [-0.39, 0.29) is 24.5 Å². The van der Waals surface area contributed by atoms with E-state index < -0.39 is 6.10 Å². The molecule has 2 atom stereocenters. The van der Waals surface area contributed by atoms with Crippen LogP contribution < -0.4 is 10.1 Å². The summed E-state index contributed by atoms with van der Waals surface area (Å²) in [7, 11) is 1.49. The van der Waals surface area contributed by atoms with Gasteiger partial charge in [-0.05, 0) is 23.6 Å². The number of hydrogen-bond donors (Lipinski definition) is 2. The molecule has 0 spiro atoms. The second-order valence-electron chi connectivity index (χ2n) is 5.68. The zero-order chi connectivity index (χ0) is 15.4. The van der Waals surface area contributed by atoms with Gasteiger partial charge in [-0.1, -0.05) is 19.9 Å². The predicted octanol–water partition coefficient (Wildman–Crippen LogP) is 1.96. The molecule has 0 fully saturated rings. The highest BCUT2D eigenvalue weighted by Gasteiger charge is 2.24. The molecule has 1 aliphatic rings. The minimum absolute atomic E-state index is 0.0427. The van der Waals surface area contributed by atoms with Crippen LogP contribution in [0.5, 0.6) is 5.75 Å². The molecule has 1 aliphatic heterocycles. The van der Waals surface area contributed by atoms with Crippen LogP contribution in [0.15, 0.2) is 18.2 Å². The molecule has 2 unspecified atom stereocenters. The van der Waals surface area contributed by atoms with E-state index in [0.29, 0.717) is 13.0 Å². The maximum absolute atomic E-state index is 11.7. The van der Waals surface area contributed by atoms with E-state index in [1.807, 2.05) is 32.0 Å². The van der Waals surface area contributed by atoms with Crippen molar-refractivity contribution in [2.24, 2.45) is 5.92 Å². The fourth-order valence-electron chi connectivity index (χ4n) is 2.50. The topological polar surface area (TPSA) is 67.8 Å². The van der Waals surface area contributed by atoms with Gasteiger partial charge in [0.25, 0.3) is 0 Å². The summed E-state index contributed by atoms with van der Waals surface area (Å²) >= 11 is 0. The molecule has 5 nitrogen and oxygen atoms in total. The minimum Gasteiger partial charge on any atom is -0.493 e. The fraction of sp³-hybridized carbons (Fsp3) is 0.562. The number of fused-ring (bicyclic) bond motifs is 1. The summed E-state index contributed by atoms with van der Waals surface area (Å²) in [6.45, 7) is 4.55. The molecular formula is C16H23NO4. The van der Waals surface area contributed by atoms with E-state index in [0.717, 1.165) is 16.9 Å². The van der Waals surface area contributed by atoms with Gasteiger partial charge in [-0.15, -0.1) is 0 Å². The molecule has 0 saturated heterocycles. The number of nitrogens with one attached hydrogen (secondary N) is 1. The lowest BCUT2D eigenvalue weighted by Gasteiger charge is -2.28. The first-order valence-corrected chi connectivity index (χ1v) is 7.26. The lowest BCUT2D eigenvalue weighted by atomic mass is 9.93. The maximum Gasteiger partial charge on any atom is 0.246 e. The zero-order valence-corrected chi connectivity index (χ0v) is 12.8. The van der Waals surface area contributed by atoms with Crippen LogP contribution in [0.3, 0.4) is 0 Å². The van der Waals surface area contributed by atoms with Gasteiger partial charge in [-0.2, -0.15) is 0 Å². The Balaban J connectivity index is 2.23. The largest absolute Gasteiger partial charge is 0.493 e. The maximum atomic E-state index is 11.7. The van der Waals surface area contributed by atoms with Crippen molar-refractivity contribution >= 4 is 5.91 Å². The van der Waals surface area contributed by atoms with Crippen LogP contribution >= 0.6 is 0 Å². The normalized spacial score (nSPS) is 18.8. The van der Waals surface area contributed by atoms with Gasteiger partial charge in [0, 0.05) is 19.1 Å². The molecule has 21 heavy (non-hydrogen) atoms. The summed E-state index contributed by atoms with van der Waals surface area (Å²) in [5, 5.41) is 13.1. The van der Waals surface area contributed by atoms with Gasteiger partial charge in [0.1, 0.15) is 12.4 Å². The van der Waals surface area contributed by atoms with E-state index in [1.54, 1.807) is 0 Å². The number of hydrogen-bond acceptors (Lipinski definition) is 4. The van der Waals surface area contributed by atoms with Crippen LogP contribution in [0.2, 0.25) is 0 Å². The SMILES string of the molecule is COCC(=O)NC1CCOc2ccc(C(O)C(C)C)cc21. The Hall–Kier alpha value is -1.59. The highest BCUT2D eigenvalue weighted by Crippen LogP contribution is 2.35. The first-order chi connectivity index (χ1) is 10.0. The van der Waals surface area contributed by atoms with Crippen LogP contribution in [0.4, 0.5) is 0 Å². The monoisotopic (exact) mass is 293 g/mol. The summed E-state index contributed by atoms with van der Waals surface area (Å²) in [6, 6.07) is 5.57. The Morgan fingerprint density at radius 3 is 2.95 bits per heavy atom. The molecular weight excluding hydrogens is 270 g/mol. The molecule has 0 bridgehead atoms. The van der Waals surface area contributed by atoms with Crippen molar-refractivity contribution in [1.82, 2.24) is 5.32 Å². The molecule has 0 saturated carbocycles. The Morgan fingerprint density at radius 1 is 1.52 bits per heavy atom. The number of rotatable bonds is 5. The number of aliphatic hydroxyl groups excluding tert-OH is 1. The average Bonchev–Trinajstić information content (AvgIpc) is 2.46. The van der Waals surface area contributed by atoms with E-state index in [4.69, 9.17) is 9.47 Å². The quantitative estimate of drug-likeness (QED) is 0.871. The first kappa shape index (κ1) is 15.8. The standard InChI is InChI=1S/C16H23NO4/c1-10(2)16(19)11-4-5-14-12(8-11)13(6-7-21-14)17-15(18)9-20-3/h4-5,8,10,13,16,19H,6-7,9H2,1-3H3,(H,17,18). The summed E-state index contributed by atoms with van der Waals surface area (Å²) < 4.78 is 10.5. The molecule has 0 aromatic heterocycles. The average molecular weight is 293 g/mol. The second kappa shape index (κ2) is 6.91. The van der Waals surface area contributed by atoms with Crippen molar-refractivity contribution < 1.29 is 19.4 Å². The number of carbonyl (C=O) groups excluding carboxylic acids is 1. The first-order valence-electron chi connectivity index (χ1n) is 7.26. The van der Waals surface area contributed by atoms with Crippen molar-refractivity contribution in [2.75, 3.05) is 20.3 Å². The van der Waals surface area contributed by atoms with Gasteiger partial charge < -0.3 is 19.9 Å². The van der Waals surface area contributed by atoms with E-state index in [9.17, 15) is 9.90 Å². The Bertz CT molecular complexity index is 501. The van der Waals surface area contributed by atoms with Crippen molar-refractivity contribution in [2.45, 2.75) is 32.4 Å². The van der Waals surface area contributed by atoms with Crippen LogP contribution in [0.25, 0.3) is 0 Å². The van der Waals surface area contributed by atoms with E-state index in [1.165, 1.54) is 7.11 Å². The van der Waals surface area contributed by atoms with Gasteiger partial charge >= 0.3 is 0 Å². The molecule has 2 rings (SSSR count). The molecule has 0 radical (unpaired) electrons. The van der Waals surface area contributed by atoms with Gasteiger partial charge in [0.05, 0.1) is 18.8 Å². The smallest absolute Gasteiger partial charge is 0.246 e. The Morgan fingerprint density at radius 2 is 2.29 bits per heavy atom. The molecule has 1 aromatic carbocycles. The molecule has 1 aromatic rings. The third-order valence-corrected chi connectivity index (χ3v) is 3.66. The fourth-order valence-corrected chi connectivity index (χ4v) is 2.50. The molecule has 5 heteroatoms. The summed E-state index contributed by atoms with van der Waals surface area (Å²) in [5.41, 5.74) is 1.77. The second-order valence-corrected chi connectivity index (χ2v) is 5.68. The third-order valence-electron chi connectivity index (χ3n) is 3.66. The lowest BCUT2D eigenvalue weighted by Crippen LogP contribution is -2.34. The lowest BCUT2D eigenvalue weighted by molar-refractivity contribution is -0.125. The van der Waals surface area contributed by atoms with E-state index in [2.05, 4.69) is 5.32 Å². The number of carbonyl (C=O) groups is 1. The van der Waals surface area contributed by atoms with Crippen LogP contribution in [0, 0.1) is 5.92 Å². The van der Waals surface area contributed by atoms with Crippen molar-refractivity contribution in [3.63, 3.8) is 0 Å². The number of benzene rings is 1. The zero-order valence-electron chi connectivity index (χ0n) is 12.8. The Labute approximate surface area is 125 Å². The summed E-state index contributed by atoms with van der Waals surface area (Å²) in [5.74, 6) is 0.753. The van der Waals surface area contributed by atoms with Crippen molar-refractivity contribution in [3.8, 4) is 5.75 Å². The van der Waals surface area contributed by atoms with Crippen LogP contribution in [-0.2, 0) is 9.53 Å². The van der Waals surface area contributed by atoms with Gasteiger partial charge in [0.15, 0.2) is 0 Å². The Kier molecular flexibility index (Phi) is 5.20. The van der Waals surface area contributed by atoms with Gasteiger partial charge in [-0.3, -0.25) is 4.79 Å². The number of amides is 1. The molecule has 0 aliphatic carbocycles. The molecule has 116 valence electrons.